The summed E-state index contributed by atoms with van der Waals surface area (Å²) in [5.41, 5.74) is 0. The van der Waals surface area contributed by atoms with Gasteiger partial charge in [0.15, 0.2) is 0 Å². The largest absolute Gasteiger partial charge is 0.314 e. The van der Waals surface area contributed by atoms with Gasteiger partial charge in [0.25, 0.3) is 0 Å². The van der Waals surface area contributed by atoms with Crippen LogP contribution < -0.4 is 5.32 Å². The van der Waals surface area contributed by atoms with Crippen LogP contribution in [0.4, 0.5) is 0 Å². The van der Waals surface area contributed by atoms with Gasteiger partial charge in [-0.05, 0) is 37.3 Å². The van der Waals surface area contributed by atoms with E-state index < -0.39 is 0 Å². The zero-order valence-corrected chi connectivity index (χ0v) is 14.0. The molecule has 0 saturated carbocycles. The van der Waals surface area contributed by atoms with Crippen molar-refractivity contribution in [2.45, 2.75) is 78.2 Å². The molecule has 0 aromatic rings. The van der Waals surface area contributed by atoms with Crippen LogP contribution in [-0.2, 0) is 0 Å². The number of hydrogen-bond donors (Lipinski definition) is 1. The lowest BCUT2D eigenvalue weighted by atomic mass is 10.0. The second-order valence-corrected chi connectivity index (χ2v) is 6.57. The second-order valence-electron chi connectivity index (χ2n) is 5.66. The van der Waals surface area contributed by atoms with Gasteiger partial charge in [0.2, 0.25) is 0 Å². The Morgan fingerprint density at radius 2 is 1.50 bits per heavy atom. The fourth-order valence-electron chi connectivity index (χ4n) is 2.34. The smallest absolute Gasteiger partial charge is 0.00671 e. The van der Waals surface area contributed by atoms with Crippen molar-refractivity contribution < 1.29 is 0 Å². The zero-order valence-electron chi connectivity index (χ0n) is 13.1. The van der Waals surface area contributed by atoms with Gasteiger partial charge in [-0.1, -0.05) is 59.3 Å². The first-order valence-electron chi connectivity index (χ1n) is 7.96. The first-order chi connectivity index (χ1) is 8.74. The number of unbranched alkanes of at least 4 members (excludes halogenated alkanes) is 4. The van der Waals surface area contributed by atoms with E-state index in [4.69, 9.17) is 0 Å². The molecule has 0 saturated heterocycles. The summed E-state index contributed by atoms with van der Waals surface area (Å²) in [6.07, 6.45) is 13.2. The number of thioether (sulfide) groups is 1. The topological polar surface area (TPSA) is 12.0 Å². The highest BCUT2D eigenvalue weighted by atomic mass is 32.2. The molecule has 0 bridgehead atoms. The van der Waals surface area contributed by atoms with E-state index >= 15 is 0 Å². The molecule has 18 heavy (non-hydrogen) atoms. The number of nitrogens with one attached hydrogen (secondary N) is 1. The Bertz CT molecular complexity index is 151. The Hall–Kier alpha value is 0.310. The van der Waals surface area contributed by atoms with Crippen molar-refractivity contribution in [3.8, 4) is 0 Å². The van der Waals surface area contributed by atoms with Crippen molar-refractivity contribution in [1.82, 2.24) is 5.32 Å². The monoisotopic (exact) mass is 273 g/mol. The van der Waals surface area contributed by atoms with E-state index in [1.165, 1.54) is 63.7 Å². The average molecular weight is 274 g/mol. The highest BCUT2D eigenvalue weighted by molar-refractivity contribution is 7.98. The SMILES string of the molecule is CCCCCC(CCCCC)NCC(C)CSC. The van der Waals surface area contributed by atoms with Gasteiger partial charge in [-0.15, -0.1) is 0 Å². The molecule has 0 heterocycles. The molecule has 0 radical (unpaired) electrons. The third-order valence-corrected chi connectivity index (χ3v) is 4.42. The summed E-state index contributed by atoms with van der Waals surface area (Å²) < 4.78 is 0. The van der Waals surface area contributed by atoms with Gasteiger partial charge in [0.1, 0.15) is 0 Å². The van der Waals surface area contributed by atoms with E-state index in [0.717, 1.165) is 12.0 Å². The third-order valence-electron chi connectivity index (χ3n) is 3.52. The van der Waals surface area contributed by atoms with Crippen LogP contribution in [0.5, 0.6) is 0 Å². The van der Waals surface area contributed by atoms with Crippen LogP contribution in [0.15, 0.2) is 0 Å². The van der Waals surface area contributed by atoms with Crippen LogP contribution in [0.3, 0.4) is 0 Å². The van der Waals surface area contributed by atoms with Gasteiger partial charge in [0.05, 0.1) is 0 Å². The molecule has 1 nitrogen and oxygen atoms in total. The predicted molar refractivity (Wildman–Crippen MR) is 87.6 cm³/mol. The van der Waals surface area contributed by atoms with E-state index in [1.807, 2.05) is 11.8 Å². The minimum absolute atomic E-state index is 0.771. The molecule has 0 aliphatic heterocycles. The maximum atomic E-state index is 3.81. The molecule has 0 fully saturated rings. The second kappa shape index (κ2) is 13.7. The average Bonchev–Trinajstić information content (AvgIpc) is 2.36. The Morgan fingerprint density at radius 3 is 1.94 bits per heavy atom. The first kappa shape index (κ1) is 18.3. The molecular formula is C16H35NS. The van der Waals surface area contributed by atoms with Crippen molar-refractivity contribution in [3.63, 3.8) is 0 Å². The van der Waals surface area contributed by atoms with Gasteiger partial charge in [-0.3, -0.25) is 0 Å². The van der Waals surface area contributed by atoms with E-state index in [0.29, 0.717) is 0 Å². The van der Waals surface area contributed by atoms with Gasteiger partial charge >= 0.3 is 0 Å². The Balaban J connectivity index is 3.79. The summed E-state index contributed by atoms with van der Waals surface area (Å²) >= 11 is 1.96. The Morgan fingerprint density at radius 1 is 0.944 bits per heavy atom. The summed E-state index contributed by atoms with van der Waals surface area (Å²) in [6, 6.07) is 0.771. The molecule has 0 spiro atoms. The molecule has 1 atom stereocenters. The van der Waals surface area contributed by atoms with E-state index in [9.17, 15) is 0 Å². The maximum Gasteiger partial charge on any atom is 0.00671 e. The lowest BCUT2D eigenvalue weighted by Crippen LogP contribution is -2.33. The van der Waals surface area contributed by atoms with Crippen molar-refractivity contribution in [3.05, 3.63) is 0 Å². The van der Waals surface area contributed by atoms with E-state index in [-0.39, 0.29) is 0 Å². The minimum Gasteiger partial charge on any atom is -0.314 e. The summed E-state index contributed by atoms with van der Waals surface area (Å²) in [5, 5.41) is 3.81. The standard InChI is InChI=1S/C16H35NS/c1-5-7-9-11-16(12-10-8-6-2)17-13-15(3)14-18-4/h15-17H,5-14H2,1-4H3. The van der Waals surface area contributed by atoms with Gasteiger partial charge in [0, 0.05) is 6.04 Å². The lowest BCUT2D eigenvalue weighted by Gasteiger charge is -2.21. The molecule has 0 aliphatic carbocycles. The highest BCUT2D eigenvalue weighted by Crippen LogP contribution is 2.12. The summed E-state index contributed by atoms with van der Waals surface area (Å²) in [6.45, 7) is 8.14. The van der Waals surface area contributed by atoms with Crippen LogP contribution in [0.25, 0.3) is 0 Å². The van der Waals surface area contributed by atoms with Gasteiger partial charge in [-0.25, -0.2) is 0 Å². The minimum atomic E-state index is 0.771. The van der Waals surface area contributed by atoms with Crippen LogP contribution in [-0.4, -0.2) is 24.6 Å². The fourth-order valence-corrected chi connectivity index (χ4v) is 3.03. The van der Waals surface area contributed by atoms with E-state index in [1.54, 1.807) is 0 Å². The highest BCUT2D eigenvalue weighted by Gasteiger charge is 2.09. The number of hydrogen-bond acceptors (Lipinski definition) is 2. The summed E-state index contributed by atoms with van der Waals surface area (Å²) in [4.78, 5) is 0. The zero-order chi connectivity index (χ0) is 13.6. The summed E-state index contributed by atoms with van der Waals surface area (Å²) in [7, 11) is 0. The predicted octanol–water partition coefficient (Wildman–Crippen LogP) is 5.10. The Labute approximate surface area is 120 Å². The van der Waals surface area contributed by atoms with Gasteiger partial charge < -0.3 is 5.32 Å². The summed E-state index contributed by atoms with van der Waals surface area (Å²) in [5.74, 6) is 2.09. The quantitative estimate of drug-likeness (QED) is 0.468. The molecule has 2 heteroatoms. The molecule has 1 N–H and O–H groups in total. The maximum absolute atomic E-state index is 3.81. The molecule has 0 aliphatic rings. The van der Waals surface area contributed by atoms with Crippen molar-refractivity contribution in [2.24, 2.45) is 5.92 Å². The van der Waals surface area contributed by atoms with Crippen molar-refractivity contribution in [1.29, 1.82) is 0 Å². The first-order valence-corrected chi connectivity index (χ1v) is 9.36. The third kappa shape index (κ3) is 11.4. The fraction of sp³-hybridized carbons (Fsp3) is 1.00. The van der Waals surface area contributed by atoms with Crippen LogP contribution >= 0.6 is 11.8 Å². The van der Waals surface area contributed by atoms with Crippen LogP contribution in [0.2, 0.25) is 0 Å². The van der Waals surface area contributed by atoms with Gasteiger partial charge in [-0.2, -0.15) is 11.8 Å². The lowest BCUT2D eigenvalue weighted by molar-refractivity contribution is 0.397. The van der Waals surface area contributed by atoms with Crippen molar-refractivity contribution in [2.75, 3.05) is 18.6 Å². The molecule has 0 rings (SSSR count). The normalized spacial score (nSPS) is 13.2. The van der Waals surface area contributed by atoms with E-state index in [2.05, 4.69) is 32.3 Å². The Kier molecular flexibility index (Phi) is 14.0. The van der Waals surface area contributed by atoms with Crippen LogP contribution in [0.1, 0.15) is 72.1 Å². The molecule has 0 amide bonds. The molecular weight excluding hydrogens is 238 g/mol. The molecule has 0 aromatic heterocycles. The molecule has 0 aromatic carbocycles. The molecule has 110 valence electrons. The van der Waals surface area contributed by atoms with Crippen LogP contribution in [0, 0.1) is 5.92 Å². The van der Waals surface area contributed by atoms with Crippen molar-refractivity contribution >= 4 is 11.8 Å². The molecule has 1 unspecified atom stereocenters. The number of rotatable bonds is 13.